The van der Waals surface area contributed by atoms with Crippen molar-refractivity contribution in [1.82, 2.24) is 14.9 Å². The number of anilines is 3. The predicted octanol–water partition coefficient (Wildman–Crippen LogP) is 5.58. The zero-order valence-electron chi connectivity index (χ0n) is 24.6. The Morgan fingerprint density at radius 1 is 1.21 bits per heavy atom. The fourth-order valence-corrected chi connectivity index (χ4v) is 7.95. The molecule has 1 amide bonds. The monoisotopic (exact) mass is 599 g/mol. The number of hydrogen-bond acceptors (Lipinski definition) is 9. The molecule has 2 saturated heterocycles. The lowest BCUT2D eigenvalue weighted by Gasteiger charge is -2.31. The number of likely N-dealkylation sites (tertiary alicyclic amines) is 1. The first kappa shape index (κ1) is 27.8. The molecule has 0 aliphatic carbocycles. The number of thiophene rings is 1. The third-order valence-electron chi connectivity index (χ3n) is 9.18. The Morgan fingerprint density at radius 3 is 2.77 bits per heavy atom. The number of hydrogen-bond donors (Lipinski definition) is 2. The van der Waals surface area contributed by atoms with E-state index in [2.05, 4.69) is 30.1 Å². The number of benzene rings is 2. The summed E-state index contributed by atoms with van der Waals surface area (Å²) < 4.78 is 21.5. The number of nitriles is 1. The Morgan fingerprint density at radius 2 is 2.02 bits per heavy atom. The van der Waals surface area contributed by atoms with E-state index in [-0.39, 0.29) is 11.9 Å². The number of rotatable bonds is 5. The standard InChI is InChI=1S/C32H34FN7O2S/c1-4-17-24(18-7-8-22(33)28-25(18)19(12-34)29(35)43-28)20-14-42-15-21(20)26-27(17)37-32(40-11-9-16(2)13-40)38-30(26)36-23-6-5-10-39(3)31(23)41/h7-8,16,23H,4-6,9-11,13-15,35H2,1-3H3,(H,36,37,38)/t16?,23-/m1/s1. The molecule has 0 bridgehead atoms. The van der Waals surface area contributed by atoms with Gasteiger partial charge < -0.3 is 25.6 Å². The number of piperidine rings is 1. The van der Waals surface area contributed by atoms with Crippen molar-refractivity contribution in [2.75, 3.05) is 42.6 Å². The molecule has 7 rings (SSSR count). The lowest BCUT2D eigenvalue weighted by atomic mass is 9.86. The highest BCUT2D eigenvalue weighted by atomic mass is 32.1. The highest BCUT2D eigenvalue weighted by Gasteiger charge is 2.33. The second kappa shape index (κ2) is 10.6. The maximum atomic E-state index is 15.1. The van der Waals surface area contributed by atoms with E-state index in [0.29, 0.717) is 58.0 Å². The first-order valence-electron chi connectivity index (χ1n) is 14.9. The molecule has 3 aliphatic rings. The van der Waals surface area contributed by atoms with Gasteiger partial charge in [0, 0.05) is 37.5 Å². The molecule has 3 N–H and O–H groups in total. The van der Waals surface area contributed by atoms with Gasteiger partial charge in [-0.1, -0.05) is 19.9 Å². The number of nitrogens with two attached hydrogens (primary N) is 1. The number of nitrogens with zero attached hydrogens (tertiary/aromatic N) is 5. The molecule has 9 nitrogen and oxygen atoms in total. The van der Waals surface area contributed by atoms with E-state index in [1.54, 1.807) is 11.0 Å². The minimum atomic E-state index is -0.398. The van der Waals surface area contributed by atoms with E-state index < -0.39 is 5.82 Å². The second-order valence-electron chi connectivity index (χ2n) is 11.9. The zero-order valence-corrected chi connectivity index (χ0v) is 25.4. The number of carbonyl (C=O) groups is 1. The first-order chi connectivity index (χ1) is 20.8. The summed E-state index contributed by atoms with van der Waals surface area (Å²) in [5.41, 5.74) is 11.9. The van der Waals surface area contributed by atoms with E-state index >= 15 is 4.39 Å². The molecule has 4 aromatic rings. The largest absolute Gasteiger partial charge is 0.389 e. The Balaban J connectivity index is 1.53. The fourth-order valence-electron chi connectivity index (χ4n) is 7.00. The normalized spacial score (nSPS) is 20.3. The molecule has 43 heavy (non-hydrogen) atoms. The number of fused-ring (bicyclic) bond motifs is 4. The van der Waals surface area contributed by atoms with Gasteiger partial charge in [0.25, 0.3) is 0 Å². The molecule has 3 aliphatic heterocycles. The summed E-state index contributed by atoms with van der Waals surface area (Å²) >= 11 is 1.10. The molecule has 1 unspecified atom stereocenters. The Kier molecular flexibility index (Phi) is 6.86. The third-order valence-corrected chi connectivity index (χ3v) is 10.2. The van der Waals surface area contributed by atoms with Crippen LogP contribution >= 0.6 is 11.3 Å². The van der Waals surface area contributed by atoms with E-state index in [0.717, 1.165) is 89.0 Å². The van der Waals surface area contributed by atoms with Gasteiger partial charge in [0.2, 0.25) is 11.9 Å². The van der Waals surface area contributed by atoms with Crippen LogP contribution in [-0.2, 0) is 29.2 Å². The van der Waals surface area contributed by atoms with Gasteiger partial charge in [-0.15, -0.1) is 11.3 Å². The summed E-state index contributed by atoms with van der Waals surface area (Å²) in [5.74, 6) is 1.47. The van der Waals surface area contributed by atoms with E-state index in [1.165, 1.54) is 6.07 Å². The molecular formula is C32H34FN7O2S. The summed E-state index contributed by atoms with van der Waals surface area (Å²) in [6, 6.07) is 5.05. The predicted molar refractivity (Wildman–Crippen MR) is 168 cm³/mol. The van der Waals surface area contributed by atoms with Gasteiger partial charge >= 0.3 is 0 Å². The van der Waals surface area contributed by atoms with Crippen molar-refractivity contribution < 1.29 is 13.9 Å². The Labute approximate surface area is 253 Å². The van der Waals surface area contributed by atoms with Crippen LogP contribution in [0.25, 0.3) is 32.1 Å². The van der Waals surface area contributed by atoms with Crippen molar-refractivity contribution in [3.05, 3.63) is 40.2 Å². The summed E-state index contributed by atoms with van der Waals surface area (Å²) in [7, 11) is 1.84. The minimum Gasteiger partial charge on any atom is -0.389 e. The summed E-state index contributed by atoms with van der Waals surface area (Å²) in [6.45, 7) is 7.50. The van der Waals surface area contributed by atoms with Crippen LogP contribution in [0.3, 0.4) is 0 Å². The van der Waals surface area contributed by atoms with Crippen molar-refractivity contribution in [1.29, 1.82) is 5.26 Å². The van der Waals surface area contributed by atoms with Crippen LogP contribution in [0, 0.1) is 23.1 Å². The molecule has 2 atom stereocenters. The number of aryl methyl sites for hydroxylation is 1. The average Bonchev–Trinajstić information content (AvgIpc) is 3.73. The van der Waals surface area contributed by atoms with Gasteiger partial charge in [0.1, 0.15) is 28.7 Å². The topological polar surface area (TPSA) is 120 Å². The van der Waals surface area contributed by atoms with Crippen molar-refractivity contribution in [3.8, 4) is 17.2 Å². The molecule has 5 heterocycles. The van der Waals surface area contributed by atoms with Gasteiger partial charge in [0.15, 0.2) is 0 Å². The van der Waals surface area contributed by atoms with Crippen LogP contribution < -0.4 is 16.0 Å². The lowest BCUT2D eigenvalue weighted by molar-refractivity contribution is -0.132. The van der Waals surface area contributed by atoms with Crippen molar-refractivity contribution in [2.45, 2.75) is 58.8 Å². The van der Waals surface area contributed by atoms with Gasteiger partial charge in [-0.25, -0.2) is 9.37 Å². The van der Waals surface area contributed by atoms with Gasteiger partial charge in [-0.05, 0) is 65.5 Å². The number of ether oxygens (including phenoxy) is 1. The maximum absolute atomic E-state index is 15.1. The number of nitrogens with one attached hydrogen (secondary N) is 1. The van der Waals surface area contributed by atoms with Crippen LogP contribution in [0.15, 0.2) is 12.1 Å². The smallest absolute Gasteiger partial charge is 0.244 e. The highest BCUT2D eigenvalue weighted by Crippen LogP contribution is 2.48. The van der Waals surface area contributed by atoms with Gasteiger partial charge in [-0.3, -0.25) is 4.79 Å². The third kappa shape index (κ3) is 4.38. The summed E-state index contributed by atoms with van der Waals surface area (Å²) in [6.07, 6.45) is 3.34. The molecule has 222 valence electrons. The van der Waals surface area contributed by atoms with Gasteiger partial charge in [0.05, 0.1) is 29.0 Å². The van der Waals surface area contributed by atoms with Crippen molar-refractivity contribution in [3.63, 3.8) is 0 Å². The van der Waals surface area contributed by atoms with Gasteiger partial charge in [-0.2, -0.15) is 10.2 Å². The average molecular weight is 600 g/mol. The van der Waals surface area contributed by atoms with E-state index in [1.807, 2.05) is 7.05 Å². The molecule has 0 spiro atoms. The first-order valence-corrected chi connectivity index (χ1v) is 15.8. The van der Waals surface area contributed by atoms with Crippen LogP contribution in [0.1, 0.15) is 55.4 Å². The van der Waals surface area contributed by atoms with Crippen LogP contribution in [0.4, 0.5) is 21.2 Å². The number of halogens is 1. The number of nitrogen functional groups attached to an aromatic ring is 1. The Hall–Kier alpha value is -4.01. The Bertz CT molecular complexity index is 1850. The van der Waals surface area contributed by atoms with Crippen LogP contribution in [-0.4, -0.2) is 53.5 Å². The lowest BCUT2D eigenvalue weighted by Crippen LogP contribution is -2.45. The highest BCUT2D eigenvalue weighted by molar-refractivity contribution is 7.23. The van der Waals surface area contributed by atoms with Crippen LogP contribution in [0.5, 0.6) is 0 Å². The molecule has 2 aromatic heterocycles. The minimum absolute atomic E-state index is 0.0578. The SMILES string of the molecule is CCc1c(-c2ccc(F)c3sc(N)c(C#N)c23)c2c(c3c(N[C@@H]4CCCN(C)C4=O)nc(N4CCC(C)C4)nc13)COC2. The van der Waals surface area contributed by atoms with Crippen molar-refractivity contribution >= 4 is 55.0 Å². The van der Waals surface area contributed by atoms with E-state index in [9.17, 15) is 10.1 Å². The number of aromatic nitrogens is 2. The molecule has 0 radical (unpaired) electrons. The second-order valence-corrected chi connectivity index (χ2v) is 13.0. The van der Waals surface area contributed by atoms with Crippen molar-refractivity contribution in [2.24, 2.45) is 5.92 Å². The molecule has 2 fully saturated rings. The summed E-state index contributed by atoms with van der Waals surface area (Å²) in [5, 5.41) is 15.3. The zero-order chi connectivity index (χ0) is 30.0. The molecule has 0 saturated carbocycles. The molecule has 2 aromatic carbocycles. The number of amides is 1. The van der Waals surface area contributed by atoms with E-state index in [4.69, 9.17) is 20.4 Å². The maximum Gasteiger partial charge on any atom is 0.244 e. The number of carbonyl (C=O) groups excluding carboxylic acids is 1. The fraction of sp³-hybridized carbons (Fsp3) is 0.438. The number of likely N-dealkylation sites (N-methyl/N-ethyl adjacent to an activating group) is 1. The molecule has 11 heteroatoms. The van der Waals surface area contributed by atoms with Crippen LogP contribution in [0.2, 0.25) is 0 Å². The summed E-state index contributed by atoms with van der Waals surface area (Å²) in [4.78, 5) is 27.5. The molecular weight excluding hydrogens is 565 g/mol. The quantitative estimate of drug-likeness (QED) is 0.305.